The zero-order chi connectivity index (χ0) is 48.8. The number of para-hydroxylation sites is 2. The average molecular weight is 930 g/mol. The highest BCUT2D eigenvalue weighted by molar-refractivity contribution is 6.13. The fourth-order valence-electron chi connectivity index (χ4n) is 10.4. The second-order valence-corrected chi connectivity index (χ2v) is 18.3. The molecule has 0 bridgehead atoms. The number of aryl methyl sites for hydroxylation is 4. The van der Waals surface area contributed by atoms with Gasteiger partial charge in [0.25, 0.3) is 0 Å². The molecule has 0 fully saturated rings. The summed E-state index contributed by atoms with van der Waals surface area (Å²) >= 11 is 0. The molecule has 3 nitrogen and oxygen atoms in total. The van der Waals surface area contributed by atoms with E-state index >= 15 is 0 Å². The van der Waals surface area contributed by atoms with E-state index in [0.29, 0.717) is 28.1 Å². The van der Waals surface area contributed by atoms with Crippen LogP contribution in [0.25, 0.3) is 99.5 Å². The second kappa shape index (κ2) is 16.4. The monoisotopic (exact) mass is 929 g/mol. The van der Waals surface area contributed by atoms with Gasteiger partial charge in [0.2, 0.25) is 0 Å². The Morgan fingerprint density at radius 2 is 0.786 bits per heavy atom. The largest absolute Gasteiger partial charge is 0.416 e. The lowest BCUT2D eigenvalue weighted by molar-refractivity contribution is -0.143. The normalized spacial score (nSPS) is 12.1. The number of nitriles is 1. The summed E-state index contributed by atoms with van der Waals surface area (Å²) in [5, 5.41) is 14.3. The molecule has 0 aliphatic carbocycles. The quantitative estimate of drug-likeness (QED) is 0.153. The van der Waals surface area contributed by atoms with E-state index in [4.69, 9.17) is 0 Å². The number of halogens is 6. The number of hydrogen-bond donors (Lipinski definition) is 0. The summed E-state index contributed by atoms with van der Waals surface area (Å²) in [6, 6.07) is 55.7. The second-order valence-electron chi connectivity index (χ2n) is 18.3. The molecule has 342 valence electrons. The number of nitrogens with zero attached hydrogens (tertiary/aromatic N) is 3. The third-order valence-electron chi connectivity index (χ3n) is 13.3. The van der Waals surface area contributed by atoms with Gasteiger partial charge in [0.1, 0.15) is 0 Å². The minimum atomic E-state index is -5.05. The van der Waals surface area contributed by atoms with Crippen molar-refractivity contribution in [1.29, 1.82) is 5.26 Å². The number of aromatic nitrogens is 2. The molecule has 0 atom stereocenters. The van der Waals surface area contributed by atoms with Crippen LogP contribution in [0.3, 0.4) is 0 Å². The first-order valence-electron chi connectivity index (χ1n) is 22.8. The van der Waals surface area contributed by atoms with Gasteiger partial charge in [0, 0.05) is 32.7 Å². The van der Waals surface area contributed by atoms with E-state index < -0.39 is 23.5 Å². The Morgan fingerprint density at radius 1 is 0.357 bits per heavy atom. The SMILES string of the molecule is Cc1cc(C)cc(-c2ccc3c(c2)c2ccccc2n3-c2ccc(-c3cc(C(F)(F)F)cc(C(F)(F)F)c3)cc2-c2ccc(C#N)cc2-n2c3ccccc3c3cc(-c4cc(C)cc(C)c4)ccc32)c1. The summed E-state index contributed by atoms with van der Waals surface area (Å²) < 4.78 is 90.7. The van der Waals surface area contributed by atoms with Gasteiger partial charge in [-0.25, -0.2) is 0 Å². The van der Waals surface area contributed by atoms with E-state index in [-0.39, 0.29) is 17.2 Å². The first kappa shape index (κ1) is 44.2. The molecular weight excluding hydrogens is 889 g/mol. The molecule has 9 heteroatoms. The molecule has 0 amide bonds. The molecule has 0 N–H and O–H groups in total. The lowest BCUT2D eigenvalue weighted by Gasteiger charge is -2.21. The average Bonchev–Trinajstić information content (AvgIpc) is 3.84. The van der Waals surface area contributed by atoms with Crippen molar-refractivity contribution in [3.05, 3.63) is 215 Å². The number of hydrogen-bond acceptors (Lipinski definition) is 1. The van der Waals surface area contributed by atoms with Gasteiger partial charge in [0.15, 0.2) is 0 Å². The van der Waals surface area contributed by atoms with Crippen molar-refractivity contribution < 1.29 is 26.3 Å². The van der Waals surface area contributed by atoms with Crippen LogP contribution in [0.4, 0.5) is 26.3 Å². The summed E-state index contributed by atoms with van der Waals surface area (Å²) in [5.41, 5.74) is 11.8. The van der Waals surface area contributed by atoms with Crippen LogP contribution in [-0.2, 0) is 12.4 Å². The van der Waals surface area contributed by atoms with E-state index in [9.17, 15) is 31.6 Å². The minimum Gasteiger partial charge on any atom is -0.309 e. The van der Waals surface area contributed by atoms with Crippen molar-refractivity contribution in [2.45, 2.75) is 40.0 Å². The van der Waals surface area contributed by atoms with E-state index in [1.807, 2.05) is 48.5 Å². The van der Waals surface area contributed by atoms with Crippen LogP contribution >= 0.6 is 0 Å². The van der Waals surface area contributed by atoms with Crippen molar-refractivity contribution in [3.8, 4) is 62.0 Å². The van der Waals surface area contributed by atoms with Crippen LogP contribution in [0, 0.1) is 39.0 Å². The summed E-state index contributed by atoms with van der Waals surface area (Å²) in [6.45, 7) is 8.27. The predicted molar refractivity (Wildman–Crippen MR) is 271 cm³/mol. The maximum atomic E-state index is 14.4. The molecule has 11 rings (SSSR count). The van der Waals surface area contributed by atoms with Crippen molar-refractivity contribution in [3.63, 3.8) is 0 Å². The molecule has 0 aliphatic heterocycles. The smallest absolute Gasteiger partial charge is 0.309 e. The molecule has 0 aliphatic rings. The Balaban J connectivity index is 1.22. The van der Waals surface area contributed by atoms with Crippen molar-refractivity contribution in [2.75, 3.05) is 0 Å². The summed E-state index contributed by atoms with van der Waals surface area (Å²) in [5.74, 6) is 0. The number of fused-ring (bicyclic) bond motifs is 6. The van der Waals surface area contributed by atoms with Gasteiger partial charge >= 0.3 is 12.4 Å². The first-order chi connectivity index (χ1) is 33.5. The molecular formula is C61H41F6N3. The van der Waals surface area contributed by atoms with E-state index in [2.05, 4.69) is 122 Å². The Hall–Kier alpha value is -8.35. The van der Waals surface area contributed by atoms with Crippen LogP contribution in [0.15, 0.2) is 176 Å². The van der Waals surface area contributed by atoms with Gasteiger partial charge in [-0.3, -0.25) is 0 Å². The summed E-state index contributed by atoms with van der Waals surface area (Å²) in [7, 11) is 0. The Morgan fingerprint density at radius 3 is 1.27 bits per heavy atom. The lowest BCUT2D eigenvalue weighted by atomic mass is 9.93. The zero-order valence-corrected chi connectivity index (χ0v) is 38.4. The van der Waals surface area contributed by atoms with Crippen LogP contribution in [0.2, 0.25) is 0 Å². The third-order valence-corrected chi connectivity index (χ3v) is 13.3. The topological polar surface area (TPSA) is 33.6 Å². The lowest BCUT2D eigenvalue weighted by Crippen LogP contribution is -2.11. The Bertz CT molecular complexity index is 3920. The predicted octanol–water partition coefficient (Wildman–Crippen LogP) is 17.7. The van der Waals surface area contributed by atoms with E-state index in [1.54, 1.807) is 30.3 Å². The molecule has 9 aromatic carbocycles. The Kier molecular flexibility index (Phi) is 10.4. The highest BCUT2D eigenvalue weighted by Crippen LogP contribution is 2.45. The standard InChI is InChI=1S/C61H41F6N3/c1-35-21-36(2)24-43(23-35)40-14-18-56-51(30-40)48-9-5-7-11-54(48)69(56)57-19-16-42(45-28-46(60(62,63)64)33-47(29-45)61(65,66)67)32-53(57)50-17-13-39(34-68)27-59(50)70-55-12-8-6-10-49(55)52-31-41(15-20-58(52)70)44-25-37(3)22-38(4)26-44/h5-33H,1-4H3. The van der Waals surface area contributed by atoms with Gasteiger partial charge in [0.05, 0.1) is 56.2 Å². The number of rotatable bonds is 6. The first-order valence-corrected chi connectivity index (χ1v) is 22.8. The van der Waals surface area contributed by atoms with Gasteiger partial charge in [-0.15, -0.1) is 0 Å². The van der Waals surface area contributed by atoms with Crippen LogP contribution in [0.1, 0.15) is 38.9 Å². The van der Waals surface area contributed by atoms with Crippen molar-refractivity contribution in [2.24, 2.45) is 0 Å². The van der Waals surface area contributed by atoms with E-state index in [1.165, 1.54) is 0 Å². The number of alkyl halides is 6. The minimum absolute atomic E-state index is 0.142. The maximum Gasteiger partial charge on any atom is 0.416 e. The molecule has 0 spiro atoms. The molecule has 70 heavy (non-hydrogen) atoms. The fourth-order valence-corrected chi connectivity index (χ4v) is 10.4. The zero-order valence-electron chi connectivity index (χ0n) is 38.4. The molecule has 11 aromatic rings. The summed E-state index contributed by atoms with van der Waals surface area (Å²) in [4.78, 5) is 0. The van der Waals surface area contributed by atoms with Gasteiger partial charge < -0.3 is 9.13 Å². The van der Waals surface area contributed by atoms with Gasteiger partial charge in [-0.1, -0.05) is 119 Å². The van der Waals surface area contributed by atoms with Crippen molar-refractivity contribution in [1.82, 2.24) is 9.13 Å². The van der Waals surface area contributed by atoms with Gasteiger partial charge in [-0.2, -0.15) is 31.6 Å². The van der Waals surface area contributed by atoms with Crippen molar-refractivity contribution >= 4 is 43.6 Å². The Labute approximate surface area is 399 Å². The molecule has 2 heterocycles. The molecule has 0 radical (unpaired) electrons. The van der Waals surface area contributed by atoms with Crippen LogP contribution < -0.4 is 0 Å². The van der Waals surface area contributed by atoms with Gasteiger partial charge in [-0.05, 0) is 140 Å². The van der Waals surface area contributed by atoms with Crippen LogP contribution in [-0.4, -0.2) is 9.13 Å². The number of benzene rings is 9. The summed E-state index contributed by atoms with van der Waals surface area (Å²) in [6.07, 6.45) is -10.1. The highest BCUT2D eigenvalue weighted by atomic mass is 19.4. The molecule has 0 saturated carbocycles. The molecule has 2 aromatic heterocycles. The third kappa shape index (κ3) is 7.66. The molecule has 0 saturated heterocycles. The van der Waals surface area contributed by atoms with Crippen LogP contribution in [0.5, 0.6) is 0 Å². The van der Waals surface area contributed by atoms with E-state index in [0.717, 1.165) is 100 Å². The fraction of sp³-hybridized carbons (Fsp3) is 0.0984. The highest BCUT2D eigenvalue weighted by Gasteiger charge is 2.37. The maximum absolute atomic E-state index is 14.4. The molecule has 0 unspecified atom stereocenters.